The second-order valence-corrected chi connectivity index (χ2v) is 8.56. The van der Waals surface area contributed by atoms with Gasteiger partial charge in [0, 0.05) is 10.9 Å². The average molecular weight is 425 g/mol. The Morgan fingerprint density at radius 3 is 2.16 bits per heavy atom. The highest BCUT2D eigenvalue weighted by Gasteiger charge is 2.18. The minimum Gasteiger partial charge on any atom is -0.438 e. The van der Waals surface area contributed by atoms with Gasteiger partial charge in [-0.25, -0.2) is 4.99 Å². The van der Waals surface area contributed by atoms with Crippen molar-refractivity contribution in [3.63, 3.8) is 0 Å². The lowest BCUT2D eigenvalue weighted by atomic mass is 9.87. The number of carbonyl (C=O) groups excluding carboxylic acids is 2. The maximum atomic E-state index is 13.1. The lowest BCUT2D eigenvalue weighted by Crippen LogP contribution is -2.33. The van der Waals surface area contributed by atoms with E-state index in [4.69, 9.17) is 4.42 Å². The molecule has 32 heavy (non-hydrogen) atoms. The molecule has 1 N–H and O–H groups in total. The topological polar surface area (TPSA) is 71.7 Å². The first-order valence-electron chi connectivity index (χ1n) is 10.4. The first-order valence-corrected chi connectivity index (χ1v) is 10.4. The van der Waals surface area contributed by atoms with Gasteiger partial charge in [-0.1, -0.05) is 69.3 Å². The summed E-state index contributed by atoms with van der Waals surface area (Å²) in [6.07, 6.45) is 0. The van der Waals surface area contributed by atoms with Gasteiger partial charge in [-0.2, -0.15) is 0 Å². The molecule has 0 saturated heterocycles. The SMILES string of the molecule is CC(C)(C)c1ccc(C(=O)NC(=O)c2cc3ccccc3oc2=Nc2ccccc2)cc1. The molecule has 0 unspecified atom stereocenters. The number of carbonyl (C=O) groups is 2. The Balaban J connectivity index is 1.69. The fraction of sp³-hybridized carbons (Fsp3) is 0.148. The molecule has 0 spiro atoms. The normalized spacial score (nSPS) is 12.0. The maximum absolute atomic E-state index is 13.1. The molecule has 0 aliphatic rings. The van der Waals surface area contributed by atoms with Crippen molar-refractivity contribution >= 4 is 28.5 Å². The van der Waals surface area contributed by atoms with E-state index in [9.17, 15) is 9.59 Å². The summed E-state index contributed by atoms with van der Waals surface area (Å²) in [5.41, 5.74) is 3.07. The molecule has 0 saturated carbocycles. The summed E-state index contributed by atoms with van der Waals surface area (Å²) >= 11 is 0. The molecule has 5 nitrogen and oxygen atoms in total. The number of nitrogens with zero attached hydrogens (tertiary/aromatic N) is 1. The molecule has 0 aliphatic heterocycles. The number of benzene rings is 3. The Kier molecular flexibility index (Phi) is 5.73. The molecule has 3 aromatic carbocycles. The van der Waals surface area contributed by atoms with E-state index >= 15 is 0 Å². The minimum absolute atomic E-state index is 0.0226. The number of nitrogens with one attached hydrogen (secondary N) is 1. The van der Waals surface area contributed by atoms with Crippen LogP contribution in [-0.4, -0.2) is 11.8 Å². The van der Waals surface area contributed by atoms with E-state index in [1.165, 1.54) is 0 Å². The number of hydrogen-bond acceptors (Lipinski definition) is 4. The molecule has 4 aromatic rings. The monoisotopic (exact) mass is 424 g/mol. The number of hydrogen-bond donors (Lipinski definition) is 1. The third kappa shape index (κ3) is 4.67. The van der Waals surface area contributed by atoms with Crippen LogP contribution < -0.4 is 10.9 Å². The smallest absolute Gasteiger partial charge is 0.263 e. The highest BCUT2D eigenvalue weighted by atomic mass is 16.3. The summed E-state index contributed by atoms with van der Waals surface area (Å²) in [6.45, 7) is 6.31. The minimum atomic E-state index is -0.570. The van der Waals surface area contributed by atoms with E-state index in [0.29, 0.717) is 16.8 Å². The third-order valence-corrected chi connectivity index (χ3v) is 5.13. The molecular weight excluding hydrogens is 400 g/mol. The van der Waals surface area contributed by atoms with Gasteiger partial charge in [0.15, 0.2) is 0 Å². The van der Waals surface area contributed by atoms with Crippen molar-refractivity contribution in [2.75, 3.05) is 0 Å². The van der Waals surface area contributed by atoms with Crippen molar-refractivity contribution in [1.29, 1.82) is 0 Å². The van der Waals surface area contributed by atoms with E-state index in [-0.39, 0.29) is 16.5 Å². The van der Waals surface area contributed by atoms with E-state index < -0.39 is 11.8 Å². The molecule has 0 radical (unpaired) electrons. The van der Waals surface area contributed by atoms with Gasteiger partial charge in [-0.05, 0) is 47.4 Å². The average Bonchev–Trinajstić information content (AvgIpc) is 2.78. The number of fused-ring (bicyclic) bond motifs is 1. The molecule has 160 valence electrons. The predicted octanol–water partition coefficient (Wildman–Crippen LogP) is 5.53. The van der Waals surface area contributed by atoms with Gasteiger partial charge in [0.2, 0.25) is 5.55 Å². The van der Waals surface area contributed by atoms with Gasteiger partial charge >= 0.3 is 0 Å². The molecule has 5 heteroatoms. The van der Waals surface area contributed by atoms with E-state index in [1.54, 1.807) is 18.2 Å². The summed E-state index contributed by atoms with van der Waals surface area (Å²) < 4.78 is 5.92. The van der Waals surface area contributed by atoms with Crippen LogP contribution in [0.3, 0.4) is 0 Å². The zero-order valence-electron chi connectivity index (χ0n) is 18.3. The quantitative estimate of drug-likeness (QED) is 0.439. The fourth-order valence-corrected chi connectivity index (χ4v) is 3.30. The molecule has 0 aliphatic carbocycles. The van der Waals surface area contributed by atoms with Crippen LogP contribution >= 0.6 is 0 Å². The molecule has 4 rings (SSSR count). The molecule has 0 fully saturated rings. The van der Waals surface area contributed by atoms with Crippen LogP contribution in [0.4, 0.5) is 5.69 Å². The van der Waals surface area contributed by atoms with Gasteiger partial charge < -0.3 is 4.42 Å². The van der Waals surface area contributed by atoms with E-state index in [0.717, 1.165) is 10.9 Å². The van der Waals surface area contributed by atoms with Crippen molar-refractivity contribution in [2.24, 2.45) is 4.99 Å². The van der Waals surface area contributed by atoms with Gasteiger partial charge in [-0.3, -0.25) is 14.9 Å². The largest absolute Gasteiger partial charge is 0.438 e. The maximum Gasteiger partial charge on any atom is 0.263 e. The summed E-state index contributed by atoms with van der Waals surface area (Å²) in [6, 6.07) is 25.5. The molecule has 1 heterocycles. The van der Waals surface area contributed by atoms with Gasteiger partial charge in [0.1, 0.15) is 11.1 Å². The molecule has 0 atom stereocenters. The summed E-state index contributed by atoms with van der Waals surface area (Å²) in [4.78, 5) is 30.3. The van der Waals surface area contributed by atoms with Gasteiger partial charge in [-0.15, -0.1) is 0 Å². The highest BCUT2D eigenvalue weighted by molar-refractivity contribution is 6.10. The van der Waals surface area contributed by atoms with Crippen molar-refractivity contribution in [3.8, 4) is 0 Å². The summed E-state index contributed by atoms with van der Waals surface area (Å²) in [7, 11) is 0. The first-order chi connectivity index (χ1) is 15.3. The number of rotatable bonds is 3. The second-order valence-electron chi connectivity index (χ2n) is 8.56. The van der Waals surface area contributed by atoms with Crippen LogP contribution in [0.15, 0.2) is 94.3 Å². The van der Waals surface area contributed by atoms with Crippen LogP contribution in [0, 0.1) is 0 Å². The van der Waals surface area contributed by atoms with Crippen LogP contribution in [0.1, 0.15) is 47.1 Å². The fourth-order valence-electron chi connectivity index (χ4n) is 3.30. The lowest BCUT2D eigenvalue weighted by molar-refractivity contribution is 0.0847. The molecule has 1 aromatic heterocycles. The van der Waals surface area contributed by atoms with E-state index in [1.807, 2.05) is 66.7 Å². The highest BCUT2D eigenvalue weighted by Crippen LogP contribution is 2.22. The Bertz CT molecular complexity index is 1350. The predicted molar refractivity (Wildman–Crippen MR) is 125 cm³/mol. The zero-order chi connectivity index (χ0) is 22.7. The lowest BCUT2D eigenvalue weighted by Gasteiger charge is -2.19. The van der Waals surface area contributed by atoms with Gasteiger partial charge in [0.25, 0.3) is 11.8 Å². The second kappa shape index (κ2) is 8.63. The van der Waals surface area contributed by atoms with Crippen molar-refractivity contribution in [3.05, 3.63) is 107 Å². The third-order valence-electron chi connectivity index (χ3n) is 5.13. The Morgan fingerprint density at radius 1 is 0.812 bits per heavy atom. The molecule has 2 amide bonds. The van der Waals surface area contributed by atoms with Crippen molar-refractivity contribution in [2.45, 2.75) is 26.2 Å². The van der Waals surface area contributed by atoms with Crippen LogP contribution in [0.5, 0.6) is 0 Å². The molecule has 0 bridgehead atoms. The number of para-hydroxylation sites is 2. The summed E-state index contributed by atoms with van der Waals surface area (Å²) in [5.74, 6) is -1.05. The zero-order valence-corrected chi connectivity index (χ0v) is 18.3. The Hall–Kier alpha value is -3.99. The number of imide groups is 1. The Morgan fingerprint density at radius 2 is 1.47 bits per heavy atom. The standard InChI is InChI=1S/C27H24N2O3/c1-27(2,3)20-15-13-18(14-16-20)24(30)29-25(31)22-17-19-9-7-8-12-23(19)32-26(22)28-21-10-5-4-6-11-21/h4-17H,1-3H3,(H,29,30,31). The van der Waals surface area contributed by atoms with Crippen LogP contribution in [0.25, 0.3) is 11.0 Å². The van der Waals surface area contributed by atoms with Crippen LogP contribution in [-0.2, 0) is 5.41 Å². The van der Waals surface area contributed by atoms with Crippen molar-refractivity contribution < 1.29 is 14.0 Å². The first kappa shape index (κ1) is 21.2. The molecular formula is C27H24N2O3. The van der Waals surface area contributed by atoms with Crippen LogP contribution in [0.2, 0.25) is 0 Å². The van der Waals surface area contributed by atoms with E-state index in [2.05, 4.69) is 31.1 Å². The number of amides is 2. The summed E-state index contributed by atoms with van der Waals surface area (Å²) in [5, 5.41) is 3.21. The van der Waals surface area contributed by atoms with Gasteiger partial charge in [0.05, 0.1) is 5.69 Å². The Labute approximate surface area is 186 Å². The van der Waals surface area contributed by atoms with Crippen molar-refractivity contribution in [1.82, 2.24) is 5.32 Å².